The van der Waals surface area contributed by atoms with E-state index in [0.717, 1.165) is 16.0 Å². The number of anilines is 2. The van der Waals surface area contributed by atoms with E-state index in [-0.39, 0.29) is 16.1 Å². The molecule has 0 aromatic heterocycles. The van der Waals surface area contributed by atoms with Crippen molar-refractivity contribution in [3.05, 3.63) is 47.5 Å². The molecular weight excluding hydrogens is 356 g/mol. The summed E-state index contributed by atoms with van der Waals surface area (Å²) in [6, 6.07) is 10.5. The highest BCUT2D eigenvalue weighted by atomic mass is 32.2. The van der Waals surface area contributed by atoms with Crippen molar-refractivity contribution in [3.8, 4) is 0 Å². The smallest absolute Gasteiger partial charge is 0.261 e. The van der Waals surface area contributed by atoms with Crippen molar-refractivity contribution in [2.75, 3.05) is 10.0 Å². The van der Waals surface area contributed by atoms with Gasteiger partial charge < -0.3 is 5.32 Å². The molecule has 3 rings (SSSR count). The Kier molecular flexibility index (Phi) is 4.79. The molecule has 0 saturated heterocycles. The first kappa shape index (κ1) is 17.8. The molecular formula is C18H20N2O3S2. The van der Waals surface area contributed by atoms with Gasteiger partial charge in [-0.25, -0.2) is 8.42 Å². The Morgan fingerprint density at radius 1 is 1.16 bits per heavy atom. The molecule has 1 atom stereocenters. The maximum atomic E-state index is 12.8. The van der Waals surface area contributed by atoms with Gasteiger partial charge in [-0.15, -0.1) is 11.8 Å². The summed E-state index contributed by atoms with van der Waals surface area (Å²) in [5.41, 5.74) is 2.93. The molecule has 2 N–H and O–H groups in total. The maximum Gasteiger partial charge on any atom is 0.261 e. The van der Waals surface area contributed by atoms with Gasteiger partial charge in [0.1, 0.15) is 0 Å². The Morgan fingerprint density at radius 2 is 1.92 bits per heavy atom. The topological polar surface area (TPSA) is 75.3 Å². The summed E-state index contributed by atoms with van der Waals surface area (Å²) in [5, 5.41) is 2.95. The van der Waals surface area contributed by atoms with Crippen LogP contribution < -0.4 is 10.0 Å². The number of thioether (sulfide) groups is 1. The van der Waals surface area contributed by atoms with Crippen LogP contribution in [0.5, 0.6) is 0 Å². The summed E-state index contributed by atoms with van der Waals surface area (Å²) < 4.78 is 28.1. The number of amides is 1. The lowest BCUT2D eigenvalue weighted by Crippen LogP contribution is -2.15. The van der Waals surface area contributed by atoms with E-state index < -0.39 is 10.0 Å². The summed E-state index contributed by atoms with van der Waals surface area (Å²) in [7, 11) is -3.74. The zero-order chi connectivity index (χ0) is 18.2. The number of aryl methyl sites for hydroxylation is 2. The molecule has 132 valence electrons. The molecule has 2 aromatic rings. The fraction of sp³-hybridized carbons (Fsp3) is 0.278. The van der Waals surface area contributed by atoms with Crippen LogP contribution in [0.4, 0.5) is 11.4 Å². The number of hydrogen-bond donors (Lipinski definition) is 2. The SMILES string of the molecule is Cc1ccc(C)c(NS(=O)(=O)c2ccc3c(c2)NC(=O)CC(C)S3)c1. The summed E-state index contributed by atoms with van der Waals surface area (Å²) in [4.78, 5) is 12.9. The van der Waals surface area contributed by atoms with Gasteiger partial charge in [-0.2, -0.15) is 0 Å². The minimum absolute atomic E-state index is 0.101. The van der Waals surface area contributed by atoms with E-state index >= 15 is 0 Å². The van der Waals surface area contributed by atoms with Crippen LogP contribution in [0, 0.1) is 13.8 Å². The Balaban J connectivity index is 1.96. The van der Waals surface area contributed by atoms with Gasteiger partial charge in [-0.05, 0) is 49.2 Å². The third kappa shape index (κ3) is 3.99. The number of nitrogens with one attached hydrogen (secondary N) is 2. The lowest BCUT2D eigenvalue weighted by atomic mass is 10.1. The zero-order valence-electron chi connectivity index (χ0n) is 14.3. The molecule has 0 spiro atoms. The largest absolute Gasteiger partial charge is 0.325 e. The van der Waals surface area contributed by atoms with E-state index in [2.05, 4.69) is 10.0 Å². The van der Waals surface area contributed by atoms with Crippen molar-refractivity contribution in [3.63, 3.8) is 0 Å². The average molecular weight is 377 g/mol. The molecule has 25 heavy (non-hydrogen) atoms. The van der Waals surface area contributed by atoms with Gasteiger partial charge in [0.25, 0.3) is 10.0 Å². The van der Waals surface area contributed by atoms with Gasteiger partial charge in [-0.3, -0.25) is 9.52 Å². The van der Waals surface area contributed by atoms with Gasteiger partial charge in [0, 0.05) is 16.6 Å². The van der Waals surface area contributed by atoms with Crippen molar-refractivity contribution in [2.45, 2.75) is 42.2 Å². The maximum absolute atomic E-state index is 12.8. The molecule has 1 amide bonds. The fourth-order valence-electron chi connectivity index (χ4n) is 2.65. The molecule has 0 saturated carbocycles. The van der Waals surface area contributed by atoms with E-state index in [1.165, 1.54) is 6.07 Å². The van der Waals surface area contributed by atoms with Crippen LogP contribution in [0.15, 0.2) is 46.2 Å². The predicted octanol–water partition coefficient (Wildman–Crippen LogP) is 3.93. The first-order chi connectivity index (χ1) is 11.7. The predicted molar refractivity (Wildman–Crippen MR) is 102 cm³/mol. The lowest BCUT2D eigenvalue weighted by Gasteiger charge is -2.13. The number of carbonyl (C=O) groups is 1. The van der Waals surface area contributed by atoms with Crippen LogP contribution in [0.3, 0.4) is 0 Å². The molecule has 1 heterocycles. The van der Waals surface area contributed by atoms with Crippen molar-refractivity contribution in [2.24, 2.45) is 0 Å². The number of hydrogen-bond acceptors (Lipinski definition) is 4. The van der Waals surface area contributed by atoms with Crippen LogP contribution in [0.2, 0.25) is 0 Å². The first-order valence-electron chi connectivity index (χ1n) is 7.95. The van der Waals surface area contributed by atoms with E-state index in [1.54, 1.807) is 30.0 Å². The molecule has 0 aliphatic carbocycles. The molecule has 1 aliphatic rings. The minimum Gasteiger partial charge on any atom is -0.325 e. The van der Waals surface area contributed by atoms with E-state index in [0.29, 0.717) is 17.8 Å². The summed E-state index contributed by atoms with van der Waals surface area (Å²) in [6.07, 6.45) is 0.405. The second kappa shape index (κ2) is 6.72. The minimum atomic E-state index is -3.74. The van der Waals surface area contributed by atoms with Crippen molar-refractivity contribution >= 4 is 39.1 Å². The zero-order valence-corrected chi connectivity index (χ0v) is 15.9. The number of benzene rings is 2. The van der Waals surface area contributed by atoms with Gasteiger partial charge in [0.2, 0.25) is 5.91 Å². The van der Waals surface area contributed by atoms with Crippen molar-refractivity contribution in [1.82, 2.24) is 0 Å². The highest BCUT2D eigenvalue weighted by molar-refractivity contribution is 8.00. The summed E-state index contributed by atoms with van der Waals surface area (Å²) in [6.45, 7) is 5.74. The van der Waals surface area contributed by atoms with Crippen LogP contribution in [0.1, 0.15) is 24.5 Å². The third-order valence-electron chi connectivity index (χ3n) is 3.97. The average Bonchev–Trinajstić information content (AvgIpc) is 2.66. The standard InChI is InChI=1S/C18H20N2O3S2/c1-11-4-5-12(2)15(8-11)20-25(22,23)14-6-7-17-16(10-14)19-18(21)9-13(3)24-17/h4-8,10,13,20H,9H2,1-3H3,(H,19,21). The van der Waals surface area contributed by atoms with Crippen molar-refractivity contribution in [1.29, 1.82) is 0 Å². The molecule has 0 fully saturated rings. The van der Waals surface area contributed by atoms with Gasteiger partial charge >= 0.3 is 0 Å². The fourth-order valence-corrected chi connectivity index (χ4v) is 4.85. The van der Waals surface area contributed by atoms with E-state index in [1.807, 2.05) is 32.9 Å². The summed E-state index contributed by atoms with van der Waals surface area (Å²) >= 11 is 1.57. The highest BCUT2D eigenvalue weighted by Crippen LogP contribution is 2.36. The number of carbonyl (C=O) groups excluding carboxylic acids is 1. The highest BCUT2D eigenvalue weighted by Gasteiger charge is 2.22. The molecule has 0 radical (unpaired) electrons. The number of rotatable bonds is 3. The van der Waals surface area contributed by atoms with Crippen LogP contribution >= 0.6 is 11.8 Å². The Hall–Kier alpha value is -1.99. The number of sulfonamides is 1. The van der Waals surface area contributed by atoms with E-state index in [4.69, 9.17) is 0 Å². The third-order valence-corrected chi connectivity index (χ3v) is 6.52. The monoisotopic (exact) mass is 376 g/mol. The quantitative estimate of drug-likeness (QED) is 0.851. The molecule has 0 bridgehead atoms. The normalized spacial score (nSPS) is 17.4. The van der Waals surface area contributed by atoms with Gasteiger partial charge in [0.05, 0.1) is 16.3 Å². The van der Waals surface area contributed by atoms with Crippen LogP contribution in [0.25, 0.3) is 0 Å². The molecule has 1 aliphatic heterocycles. The number of fused-ring (bicyclic) bond motifs is 1. The molecule has 1 unspecified atom stereocenters. The molecule has 7 heteroatoms. The van der Waals surface area contributed by atoms with Crippen molar-refractivity contribution < 1.29 is 13.2 Å². The summed E-state index contributed by atoms with van der Waals surface area (Å²) in [5.74, 6) is -0.101. The second-order valence-corrected chi connectivity index (χ2v) is 9.43. The Bertz CT molecular complexity index is 939. The second-order valence-electron chi connectivity index (χ2n) is 6.26. The van der Waals surface area contributed by atoms with Crippen LogP contribution in [-0.2, 0) is 14.8 Å². The first-order valence-corrected chi connectivity index (χ1v) is 10.3. The van der Waals surface area contributed by atoms with E-state index in [9.17, 15) is 13.2 Å². The van der Waals surface area contributed by atoms with Gasteiger partial charge in [0.15, 0.2) is 0 Å². The molecule has 5 nitrogen and oxygen atoms in total. The lowest BCUT2D eigenvalue weighted by molar-refractivity contribution is -0.116. The molecule has 2 aromatic carbocycles. The Morgan fingerprint density at radius 3 is 2.68 bits per heavy atom. The van der Waals surface area contributed by atoms with Gasteiger partial charge in [-0.1, -0.05) is 19.1 Å². The Labute approximate surface area is 152 Å². The van der Waals surface area contributed by atoms with Crippen LogP contribution in [-0.4, -0.2) is 19.6 Å².